The fraction of sp³-hybridized carbons (Fsp3) is 0.375. The Morgan fingerprint density at radius 3 is 2.30 bits per heavy atom. The fourth-order valence-electron chi connectivity index (χ4n) is 4.01. The van der Waals surface area contributed by atoms with Crippen LogP contribution >= 0.6 is 0 Å². The van der Waals surface area contributed by atoms with Crippen LogP contribution in [0.4, 0.5) is 10.1 Å². The molecule has 1 fully saturated rings. The molecule has 33 heavy (non-hydrogen) atoms. The predicted octanol–water partition coefficient (Wildman–Crippen LogP) is 1.31. The van der Waals surface area contributed by atoms with E-state index in [9.17, 15) is 14.0 Å². The van der Waals surface area contributed by atoms with Crippen LogP contribution in [0.2, 0.25) is 0 Å². The van der Waals surface area contributed by atoms with Crippen molar-refractivity contribution in [1.82, 2.24) is 15.1 Å². The molecule has 1 saturated heterocycles. The van der Waals surface area contributed by atoms with Crippen LogP contribution in [0.5, 0.6) is 0 Å². The number of primary amides is 1. The van der Waals surface area contributed by atoms with Crippen LogP contribution in [0.1, 0.15) is 17.5 Å². The standard InChI is InChI=1S/C24H29FN6O2/c1-29-10-12-30(13-11-29)16-18-4-2-17(3-5-18)15-27-24(33)21-14-22(23(26)32)31(28-21)20-8-6-19(25)7-9-20/h2-9,22H,10-16H2,1H3,(H2,26,32)(H,27,33)/t22-/m1/s1. The minimum atomic E-state index is -0.787. The van der Waals surface area contributed by atoms with Gasteiger partial charge in [0.1, 0.15) is 17.6 Å². The second-order valence-corrected chi connectivity index (χ2v) is 8.57. The van der Waals surface area contributed by atoms with Crippen LogP contribution in [0.15, 0.2) is 53.6 Å². The van der Waals surface area contributed by atoms with E-state index in [1.807, 2.05) is 12.1 Å². The fourth-order valence-corrected chi connectivity index (χ4v) is 4.01. The number of nitrogens with two attached hydrogens (primary N) is 1. The first-order valence-electron chi connectivity index (χ1n) is 11.1. The molecule has 174 valence electrons. The summed E-state index contributed by atoms with van der Waals surface area (Å²) in [6.07, 6.45) is 0.0997. The minimum absolute atomic E-state index is 0.0997. The number of nitrogens with zero attached hydrogens (tertiary/aromatic N) is 4. The predicted molar refractivity (Wildman–Crippen MR) is 125 cm³/mol. The summed E-state index contributed by atoms with van der Waals surface area (Å²) >= 11 is 0. The van der Waals surface area contributed by atoms with Crippen LogP contribution in [-0.2, 0) is 22.7 Å². The van der Waals surface area contributed by atoms with E-state index in [-0.39, 0.29) is 18.0 Å². The van der Waals surface area contributed by atoms with Gasteiger partial charge >= 0.3 is 0 Å². The van der Waals surface area contributed by atoms with Crippen molar-refractivity contribution in [1.29, 1.82) is 0 Å². The molecule has 0 saturated carbocycles. The van der Waals surface area contributed by atoms with Crippen LogP contribution in [0, 0.1) is 5.82 Å². The molecule has 2 heterocycles. The Kier molecular flexibility index (Phi) is 7.00. The maximum atomic E-state index is 13.2. The third kappa shape index (κ3) is 5.74. The van der Waals surface area contributed by atoms with Gasteiger partial charge in [-0.1, -0.05) is 24.3 Å². The SMILES string of the molecule is CN1CCN(Cc2ccc(CNC(=O)C3=NN(c4ccc(F)cc4)[C@@H](C(N)=O)C3)cc2)CC1. The Morgan fingerprint density at radius 2 is 1.67 bits per heavy atom. The molecule has 2 amide bonds. The number of anilines is 1. The van der Waals surface area contributed by atoms with Gasteiger partial charge in [-0.15, -0.1) is 0 Å². The molecule has 3 N–H and O–H groups in total. The summed E-state index contributed by atoms with van der Waals surface area (Å²) in [4.78, 5) is 29.3. The molecule has 1 atom stereocenters. The summed E-state index contributed by atoms with van der Waals surface area (Å²) in [5.41, 5.74) is 8.44. The Morgan fingerprint density at radius 1 is 1.03 bits per heavy atom. The van der Waals surface area contributed by atoms with Gasteiger partial charge in [0.25, 0.3) is 5.91 Å². The topological polar surface area (TPSA) is 94.3 Å². The Balaban J connectivity index is 1.33. The molecular weight excluding hydrogens is 423 g/mol. The highest BCUT2D eigenvalue weighted by Gasteiger charge is 2.34. The molecule has 4 rings (SSSR count). The highest BCUT2D eigenvalue weighted by Crippen LogP contribution is 2.25. The van der Waals surface area contributed by atoms with Crippen molar-refractivity contribution < 1.29 is 14.0 Å². The second-order valence-electron chi connectivity index (χ2n) is 8.57. The van der Waals surface area contributed by atoms with E-state index in [0.29, 0.717) is 12.2 Å². The number of nitrogens with one attached hydrogen (secondary N) is 1. The molecule has 0 radical (unpaired) electrons. The highest BCUT2D eigenvalue weighted by molar-refractivity contribution is 6.40. The van der Waals surface area contributed by atoms with Gasteiger partial charge in [-0.05, 0) is 42.4 Å². The zero-order valence-electron chi connectivity index (χ0n) is 18.7. The Hall–Kier alpha value is -3.30. The summed E-state index contributed by atoms with van der Waals surface area (Å²) in [6.45, 7) is 5.58. The number of piperazine rings is 1. The highest BCUT2D eigenvalue weighted by atomic mass is 19.1. The number of hydrogen-bond acceptors (Lipinski definition) is 6. The van der Waals surface area contributed by atoms with Gasteiger partial charge < -0.3 is 16.0 Å². The lowest BCUT2D eigenvalue weighted by Gasteiger charge is -2.32. The molecule has 8 nitrogen and oxygen atoms in total. The third-order valence-electron chi connectivity index (χ3n) is 6.07. The smallest absolute Gasteiger partial charge is 0.267 e. The van der Waals surface area contributed by atoms with Gasteiger partial charge in [0.2, 0.25) is 5.91 Å². The van der Waals surface area contributed by atoms with Gasteiger partial charge in [0.05, 0.1) is 5.69 Å². The molecule has 0 aromatic heterocycles. The van der Waals surface area contributed by atoms with Crippen molar-refractivity contribution in [3.05, 3.63) is 65.5 Å². The van der Waals surface area contributed by atoms with Gasteiger partial charge in [0.15, 0.2) is 0 Å². The molecule has 0 bridgehead atoms. The maximum absolute atomic E-state index is 13.2. The summed E-state index contributed by atoms with van der Waals surface area (Å²) in [5, 5.41) is 8.53. The quantitative estimate of drug-likeness (QED) is 0.661. The van der Waals surface area contributed by atoms with E-state index in [2.05, 4.69) is 39.4 Å². The first-order chi connectivity index (χ1) is 15.9. The average Bonchev–Trinajstić information content (AvgIpc) is 3.26. The number of carbonyl (C=O) groups is 2. The van der Waals surface area contributed by atoms with Crippen LogP contribution in [0.25, 0.3) is 0 Å². The third-order valence-corrected chi connectivity index (χ3v) is 6.07. The summed E-state index contributed by atoms with van der Waals surface area (Å²) < 4.78 is 13.2. The van der Waals surface area contributed by atoms with Crippen molar-refractivity contribution in [2.45, 2.75) is 25.6 Å². The molecule has 0 unspecified atom stereocenters. The van der Waals surface area contributed by atoms with Crippen LogP contribution < -0.4 is 16.1 Å². The first kappa shape index (κ1) is 22.9. The lowest BCUT2D eigenvalue weighted by atomic mass is 10.1. The summed E-state index contributed by atoms with van der Waals surface area (Å²) in [6, 6.07) is 13.0. The average molecular weight is 453 g/mol. The second kappa shape index (κ2) is 10.1. The van der Waals surface area contributed by atoms with E-state index in [1.54, 1.807) is 0 Å². The van der Waals surface area contributed by atoms with Crippen molar-refractivity contribution in [3.63, 3.8) is 0 Å². The van der Waals surface area contributed by atoms with E-state index in [4.69, 9.17) is 5.73 Å². The van der Waals surface area contributed by atoms with Crippen LogP contribution in [-0.4, -0.2) is 66.6 Å². The molecule has 0 aliphatic carbocycles. The zero-order chi connectivity index (χ0) is 23.4. The number of amides is 2. The molecule has 0 spiro atoms. The van der Waals surface area contributed by atoms with Crippen molar-refractivity contribution in [2.75, 3.05) is 38.2 Å². The van der Waals surface area contributed by atoms with E-state index >= 15 is 0 Å². The summed E-state index contributed by atoms with van der Waals surface area (Å²) in [7, 11) is 2.14. The number of hydrogen-bond donors (Lipinski definition) is 2. The Labute approximate surface area is 192 Å². The molecule has 2 aromatic carbocycles. The first-order valence-corrected chi connectivity index (χ1v) is 11.1. The van der Waals surface area contributed by atoms with E-state index in [0.717, 1.165) is 38.3 Å². The van der Waals surface area contributed by atoms with Crippen molar-refractivity contribution in [3.8, 4) is 0 Å². The molecule has 2 aliphatic heterocycles. The van der Waals surface area contributed by atoms with E-state index in [1.165, 1.54) is 34.8 Å². The number of benzene rings is 2. The number of likely N-dealkylation sites (N-methyl/N-ethyl adjacent to an activating group) is 1. The number of carbonyl (C=O) groups excluding carboxylic acids is 2. The molecular formula is C24H29FN6O2. The lowest BCUT2D eigenvalue weighted by Crippen LogP contribution is -2.43. The van der Waals surface area contributed by atoms with Gasteiger partial charge in [0, 0.05) is 45.7 Å². The summed E-state index contributed by atoms with van der Waals surface area (Å²) in [5.74, 6) is -1.35. The van der Waals surface area contributed by atoms with Gasteiger partial charge in [-0.25, -0.2) is 4.39 Å². The largest absolute Gasteiger partial charge is 0.368 e. The van der Waals surface area contributed by atoms with Gasteiger partial charge in [-0.3, -0.25) is 19.5 Å². The minimum Gasteiger partial charge on any atom is -0.368 e. The lowest BCUT2D eigenvalue weighted by molar-refractivity contribution is -0.119. The monoisotopic (exact) mass is 452 g/mol. The normalized spacial score (nSPS) is 19.4. The van der Waals surface area contributed by atoms with Crippen molar-refractivity contribution in [2.24, 2.45) is 10.8 Å². The van der Waals surface area contributed by atoms with E-state index < -0.39 is 17.8 Å². The number of hydrazone groups is 1. The zero-order valence-corrected chi connectivity index (χ0v) is 18.7. The maximum Gasteiger partial charge on any atom is 0.267 e. The molecule has 9 heteroatoms. The molecule has 2 aromatic rings. The van der Waals surface area contributed by atoms with Crippen molar-refractivity contribution >= 4 is 23.2 Å². The van der Waals surface area contributed by atoms with Gasteiger partial charge in [-0.2, -0.15) is 5.10 Å². The number of rotatable bonds is 7. The van der Waals surface area contributed by atoms with Crippen LogP contribution in [0.3, 0.4) is 0 Å². The Bertz CT molecular complexity index is 1020. The number of halogens is 1. The molecule has 2 aliphatic rings.